The van der Waals surface area contributed by atoms with Crippen LogP contribution in [0.4, 0.5) is 13.2 Å². The summed E-state index contributed by atoms with van der Waals surface area (Å²) < 4.78 is 41.2. The van der Waals surface area contributed by atoms with Crippen molar-refractivity contribution >= 4 is 5.91 Å². The Labute approximate surface area is 204 Å². The van der Waals surface area contributed by atoms with Crippen LogP contribution in [0.25, 0.3) is 0 Å². The van der Waals surface area contributed by atoms with Gasteiger partial charge >= 0.3 is 6.18 Å². The Hall–Kier alpha value is -2.35. The van der Waals surface area contributed by atoms with E-state index >= 15 is 0 Å². The summed E-state index contributed by atoms with van der Waals surface area (Å²) in [6, 6.07) is 6.24. The van der Waals surface area contributed by atoms with E-state index in [4.69, 9.17) is 0 Å². The minimum absolute atomic E-state index is 0.00802. The van der Waals surface area contributed by atoms with E-state index in [9.17, 15) is 18.0 Å². The molecule has 2 aliphatic heterocycles. The van der Waals surface area contributed by atoms with E-state index < -0.39 is 11.7 Å². The molecule has 5 nitrogen and oxygen atoms in total. The summed E-state index contributed by atoms with van der Waals surface area (Å²) in [7, 11) is 1.97. The summed E-state index contributed by atoms with van der Waals surface area (Å²) in [5.74, 6) is 1.89. The van der Waals surface area contributed by atoms with E-state index in [1.165, 1.54) is 43.4 Å². The molecule has 0 bridgehead atoms. The van der Waals surface area contributed by atoms with Crippen molar-refractivity contribution in [3.63, 3.8) is 0 Å². The van der Waals surface area contributed by atoms with Gasteiger partial charge in [-0.3, -0.25) is 14.4 Å². The first-order valence-corrected chi connectivity index (χ1v) is 13.0. The van der Waals surface area contributed by atoms with Crippen LogP contribution in [0.5, 0.6) is 0 Å². The molecule has 2 saturated carbocycles. The maximum absolute atomic E-state index is 13.2. The van der Waals surface area contributed by atoms with Crippen LogP contribution in [0, 0.1) is 17.8 Å². The second-order valence-corrected chi connectivity index (χ2v) is 11.2. The van der Waals surface area contributed by atoms with Crippen molar-refractivity contribution < 1.29 is 18.0 Å². The zero-order valence-corrected chi connectivity index (χ0v) is 20.1. The van der Waals surface area contributed by atoms with Gasteiger partial charge in [0.05, 0.1) is 11.8 Å². The maximum atomic E-state index is 13.2. The number of aromatic nitrogens is 2. The molecule has 2 aliphatic carbocycles. The van der Waals surface area contributed by atoms with Gasteiger partial charge in [0.1, 0.15) is 0 Å². The van der Waals surface area contributed by atoms with Crippen molar-refractivity contribution in [2.45, 2.75) is 56.2 Å². The molecule has 0 radical (unpaired) electrons. The van der Waals surface area contributed by atoms with Crippen LogP contribution in [-0.4, -0.2) is 57.7 Å². The summed E-state index contributed by atoms with van der Waals surface area (Å²) in [5.41, 5.74) is 1.44. The Kier molecular flexibility index (Phi) is 5.70. The molecule has 1 aromatic carbocycles. The van der Waals surface area contributed by atoms with Crippen LogP contribution in [0.15, 0.2) is 36.7 Å². The monoisotopic (exact) mass is 486 g/mol. The lowest BCUT2D eigenvalue weighted by atomic mass is 9.82. The second kappa shape index (κ2) is 8.64. The molecular formula is C27H33F3N4O. The molecule has 2 saturated heterocycles. The molecule has 4 aliphatic rings. The third kappa shape index (κ3) is 4.39. The van der Waals surface area contributed by atoms with E-state index in [1.807, 2.05) is 22.8 Å². The van der Waals surface area contributed by atoms with Gasteiger partial charge < -0.3 is 4.90 Å². The highest BCUT2D eigenvalue weighted by molar-refractivity contribution is 5.83. The standard InChI is InChI=1S/C27H33F3N4O/c1-32-13-20(12-31-32)17-5-7-22(8-6-17)34-15-23-24(16-34)25(23)26(35)33-10-9-19(14-33)18-3-2-4-21(11-18)27(28,29)30/h2-4,11-13,17,19,22-25H,5-10,14-16H2,1H3/t17?,19?,22?,23-,24+,25?. The van der Waals surface area contributed by atoms with Gasteiger partial charge in [-0.1, -0.05) is 18.2 Å². The number of hydrogen-bond donors (Lipinski definition) is 0. The molecule has 3 heterocycles. The number of hydrogen-bond acceptors (Lipinski definition) is 3. The molecule has 8 heteroatoms. The summed E-state index contributed by atoms with van der Waals surface area (Å²) in [5, 5.41) is 4.32. The van der Waals surface area contributed by atoms with Crippen molar-refractivity contribution in [1.82, 2.24) is 19.6 Å². The summed E-state index contributed by atoms with van der Waals surface area (Å²) in [6.45, 7) is 3.23. The van der Waals surface area contributed by atoms with Crippen molar-refractivity contribution in [3.05, 3.63) is 53.3 Å². The van der Waals surface area contributed by atoms with Crippen LogP contribution >= 0.6 is 0 Å². The van der Waals surface area contributed by atoms with Gasteiger partial charge in [0.25, 0.3) is 0 Å². The maximum Gasteiger partial charge on any atom is 0.416 e. The molecule has 6 rings (SSSR count). The summed E-state index contributed by atoms with van der Waals surface area (Å²) in [4.78, 5) is 17.8. The van der Waals surface area contributed by atoms with Gasteiger partial charge in [0.15, 0.2) is 0 Å². The SMILES string of the molecule is Cn1cc(C2CCC(N3C[C@@H]4C(C(=O)N5CCC(c6cccc(C(F)(F)F)c6)C5)[C@@H]4C3)CC2)cn1. The molecule has 2 unspecified atom stereocenters. The third-order valence-electron chi connectivity index (χ3n) is 9.10. The van der Waals surface area contributed by atoms with Crippen LogP contribution < -0.4 is 0 Å². The largest absolute Gasteiger partial charge is 0.416 e. The third-order valence-corrected chi connectivity index (χ3v) is 9.10. The highest BCUT2D eigenvalue weighted by Gasteiger charge is 2.61. The number of rotatable bonds is 4. The Morgan fingerprint density at radius 2 is 1.71 bits per heavy atom. The Bertz CT molecular complexity index is 1080. The predicted molar refractivity (Wildman–Crippen MR) is 126 cm³/mol. The van der Waals surface area contributed by atoms with Gasteiger partial charge in [-0.25, -0.2) is 0 Å². The number of halogens is 3. The highest BCUT2D eigenvalue weighted by atomic mass is 19.4. The van der Waals surface area contributed by atoms with Gasteiger partial charge in [0, 0.05) is 57.3 Å². The fourth-order valence-electron chi connectivity index (χ4n) is 7.06. The Morgan fingerprint density at radius 1 is 0.971 bits per heavy atom. The molecule has 188 valence electrons. The highest BCUT2D eigenvalue weighted by Crippen LogP contribution is 2.54. The Balaban J connectivity index is 0.994. The van der Waals surface area contributed by atoms with E-state index in [0.717, 1.165) is 25.6 Å². The number of alkyl halides is 3. The molecular weight excluding hydrogens is 453 g/mol. The molecule has 2 aromatic rings. The fraction of sp³-hybridized carbons (Fsp3) is 0.630. The molecule has 1 amide bonds. The van der Waals surface area contributed by atoms with E-state index in [-0.39, 0.29) is 17.7 Å². The summed E-state index contributed by atoms with van der Waals surface area (Å²) >= 11 is 0. The van der Waals surface area contributed by atoms with E-state index in [2.05, 4.69) is 16.2 Å². The molecule has 4 atom stereocenters. The number of likely N-dealkylation sites (tertiary alicyclic amines) is 2. The van der Waals surface area contributed by atoms with Crippen LogP contribution in [-0.2, 0) is 18.0 Å². The average molecular weight is 487 g/mol. The smallest absolute Gasteiger partial charge is 0.342 e. The number of aryl methyl sites for hydroxylation is 1. The number of piperidine rings is 1. The van der Waals surface area contributed by atoms with Gasteiger partial charge in [0.2, 0.25) is 5.91 Å². The lowest BCUT2D eigenvalue weighted by molar-refractivity contribution is -0.137. The zero-order valence-electron chi connectivity index (χ0n) is 20.1. The first-order chi connectivity index (χ1) is 16.8. The molecule has 1 aromatic heterocycles. The lowest BCUT2D eigenvalue weighted by Gasteiger charge is -2.35. The first-order valence-electron chi connectivity index (χ1n) is 13.0. The topological polar surface area (TPSA) is 41.4 Å². The van der Waals surface area contributed by atoms with Gasteiger partial charge in [-0.2, -0.15) is 18.3 Å². The number of benzene rings is 1. The number of nitrogens with zero attached hydrogens (tertiary/aromatic N) is 4. The minimum atomic E-state index is -4.33. The Morgan fingerprint density at radius 3 is 2.37 bits per heavy atom. The normalized spacial score (nSPS) is 33.2. The van der Waals surface area contributed by atoms with Crippen molar-refractivity contribution in [2.24, 2.45) is 24.8 Å². The summed E-state index contributed by atoms with van der Waals surface area (Å²) in [6.07, 6.45) is 5.38. The number of carbonyl (C=O) groups is 1. The number of amides is 1. The van der Waals surface area contributed by atoms with E-state index in [1.54, 1.807) is 6.07 Å². The average Bonchev–Trinajstić information content (AvgIpc) is 3.31. The molecule has 35 heavy (non-hydrogen) atoms. The predicted octanol–water partition coefficient (Wildman–Crippen LogP) is 4.66. The van der Waals surface area contributed by atoms with Crippen LogP contribution in [0.1, 0.15) is 60.6 Å². The van der Waals surface area contributed by atoms with Gasteiger partial charge in [-0.15, -0.1) is 0 Å². The van der Waals surface area contributed by atoms with Crippen molar-refractivity contribution in [1.29, 1.82) is 0 Å². The minimum Gasteiger partial charge on any atom is -0.342 e. The van der Waals surface area contributed by atoms with Crippen LogP contribution in [0.3, 0.4) is 0 Å². The van der Waals surface area contributed by atoms with Crippen molar-refractivity contribution in [2.75, 3.05) is 26.2 Å². The van der Waals surface area contributed by atoms with Crippen LogP contribution in [0.2, 0.25) is 0 Å². The zero-order chi connectivity index (χ0) is 24.3. The van der Waals surface area contributed by atoms with Crippen molar-refractivity contribution in [3.8, 4) is 0 Å². The van der Waals surface area contributed by atoms with Gasteiger partial charge in [-0.05, 0) is 67.1 Å². The molecule has 0 spiro atoms. The molecule has 0 N–H and O–H groups in total. The number of carbonyl (C=O) groups excluding carboxylic acids is 1. The van der Waals surface area contributed by atoms with E-state index in [0.29, 0.717) is 42.4 Å². The lowest BCUT2D eigenvalue weighted by Crippen LogP contribution is -2.40. The molecule has 4 fully saturated rings. The second-order valence-electron chi connectivity index (χ2n) is 11.2. The first kappa shape index (κ1) is 23.1. The number of fused-ring (bicyclic) bond motifs is 1. The quantitative estimate of drug-likeness (QED) is 0.631. The fourth-order valence-corrected chi connectivity index (χ4v) is 7.06.